The highest BCUT2D eigenvalue weighted by molar-refractivity contribution is 7.10. The molecule has 0 fully saturated rings. The zero-order valence-corrected chi connectivity index (χ0v) is 12.9. The van der Waals surface area contributed by atoms with E-state index in [0.717, 1.165) is 19.3 Å². The fourth-order valence-corrected chi connectivity index (χ4v) is 3.88. The van der Waals surface area contributed by atoms with E-state index in [9.17, 15) is 4.79 Å². The number of fused-ring (bicyclic) bond motifs is 1. The molecule has 1 aliphatic heterocycles. The van der Waals surface area contributed by atoms with E-state index in [2.05, 4.69) is 41.0 Å². The molecule has 0 saturated heterocycles. The Labute approximate surface area is 129 Å². The van der Waals surface area contributed by atoms with Crippen LogP contribution in [0.15, 0.2) is 41.8 Å². The molecule has 4 heteroatoms. The van der Waals surface area contributed by atoms with Crippen molar-refractivity contribution in [1.82, 2.24) is 5.32 Å². The molecule has 3 nitrogen and oxygen atoms in total. The van der Waals surface area contributed by atoms with Crippen molar-refractivity contribution in [3.05, 3.63) is 57.8 Å². The lowest BCUT2D eigenvalue weighted by Crippen LogP contribution is -2.44. The Hall–Kier alpha value is -1.65. The number of nitrogens with one attached hydrogen (secondary N) is 1. The zero-order chi connectivity index (χ0) is 14.7. The van der Waals surface area contributed by atoms with Crippen LogP contribution in [0.3, 0.4) is 0 Å². The molecule has 0 spiro atoms. The Morgan fingerprint density at radius 3 is 2.90 bits per heavy atom. The molecule has 0 bridgehead atoms. The molecule has 1 aliphatic rings. The highest BCUT2D eigenvalue weighted by atomic mass is 32.1. The van der Waals surface area contributed by atoms with Crippen LogP contribution in [-0.4, -0.2) is 19.1 Å². The molecule has 3 rings (SSSR count). The highest BCUT2D eigenvalue weighted by Gasteiger charge is 2.31. The molecule has 0 radical (unpaired) electrons. The Morgan fingerprint density at radius 2 is 2.14 bits per heavy atom. The van der Waals surface area contributed by atoms with E-state index in [4.69, 9.17) is 4.74 Å². The van der Waals surface area contributed by atoms with Gasteiger partial charge < -0.3 is 4.74 Å². The Balaban J connectivity index is 1.73. The molecule has 1 aromatic carbocycles. The molecule has 0 aliphatic carbocycles. The van der Waals surface area contributed by atoms with Crippen LogP contribution < -0.4 is 5.32 Å². The molecule has 0 amide bonds. The Bertz CT molecular complexity index is 608. The van der Waals surface area contributed by atoms with Crippen LogP contribution in [0.25, 0.3) is 0 Å². The maximum atomic E-state index is 11.8. The molecular weight excluding hydrogens is 282 g/mol. The quantitative estimate of drug-likeness (QED) is 0.882. The first kappa shape index (κ1) is 14.3. The number of rotatable bonds is 4. The maximum absolute atomic E-state index is 11.8. The van der Waals surface area contributed by atoms with Crippen LogP contribution in [0.1, 0.15) is 28.5 Å². The number of esters is 1. The van der Waals surface area contributed by atoms with E-state index in [1.807, 2.05) is 6.07 Å². The standard InChI is InChI=1S/C17H19NO2S/c1-20-17(19)15-11-16-13(9-10-21-16)14(18-15)8-7-12-5-3-2-4-6-12/h2-6,9-10,14-15,18H,7-8,11H2,1H3/t14-,15-/m0/s1. The molecule has 1 N–H and O–H groups in total. The summed E-state index contributed by atoms with van der Waals surface area (Å²) in [4.78, 5) is 13.1. The van der Waals surface area contributed by atoms with Gasteiger partial charge >= 0.3 is 5.97 Å². The van der Waals surface area contributed by atoms with Gasteiger partial charge in [0.25, 0.3) is 0 Å². The molecule has 110 valence electrons. The predicted molar refractivity (Wildman–Crippen MR) is 84.5 cm³/mol. The minimum atomic E-state index is -0.220. The number of carbonyl (C=O) groups is 1. The molecule has 2 heterocycles. The maximum Gasteiger partial charge on any atom is 0.323 e. The van der Waals surface area contributed by atoms with Crippen LogP contribution in [0.4, 0.5) is 0 Å². The molecule has 1 aromatic heterocycles. The average Bonchev–Trinajstić information content (AvgIpc) is 3.01. The number of thiophene rings is 1. The molecule has 0 unspecified atom stereocenters. The third kappa shape index (κ3) is 3.17. The van der Waals surface area contributed by atoms with E-state index in [0.29, 0.717) is 0 Å². The average molecular weight is 301 g/mol. The lowest BCUT2D eigenvalue weighted by molar-refractivity contribution is -0.143. The molecule has 2 atom stereocenters. The number of aryl methyl sites for hydroxylation is 1. The van der Waals surface area contributed by atoms with Crippen molar-refractivity contribution < 1.29 is 9.53 Å². The largest absolute Gasteiger partial charge is 0.468 e. The lowest BCUT2D eigenvalue weighted by atomic mass is 9.93. The van der Waals surface area contributed by atoms with Crippen LogP contribution in [0.5, 0.6) is 0 Å². The van der Waals surface area contributed by atoms with Crippen molar-refractivity contribution in [3.8, 4) is 0 Å². The van der Waals surface area contributed by atoms with Gasteiger partial charge in [-0.2, -0.15) is 0 Å². The number of methoxy groups -OCH3 is 1. The Kier molecular flexibility index (Phi) is 4.36. The smallest absolute Gasteiger partial charge is 0.323 e. The van der Waals surface area contributed by atoms with Crippen molar-refractivity contribution >= 4 is 17.3 Å². The second kappa shape index (κ2) is 6.41. The van der Waals surface area contributed by atoms with Crippen LogP contribution in [0.2, 0.25) is 0 Å². The molecule has 0 saturated carbocycles. The van der Waals surface area contributed by atoms with E-state index < -0.39 is 0 Å². The third-order valence-corrected chi connectivity index (χ3v) is 4.96. The summed E-state index contributed by atoms with van der Waals surface area (Å²) >= 11 is 1.73. The van der Waals surface area contributed by atoms with E-state index in [-0.39, 0.29) is 18.1 Å². The van der Waals surface area contributed by atoms with Gasteiger partial charge in [-0.3, -0.25) is 10.1 Å². The fourth-order valence-electron chi connectivity index (χ4n) is 2.89. The van der Waals surface area contributed by atoms with Crippen molar-refractivity contribution in [2.75, 3.05) is 7.11 Å². The SMILES string of the molecule is COC(=O)[C@@H]1Cc2sccc2[C@H](CCc2ccccc2)N1. The number of hydrogen-bond donors (Lipinski definition) is 1. The van der Waals surface area contributed by atoms with Crippen LogP contribution >= 0.6 is 11.3 Å². The summed E-state index contributed by atoms with van der Waals surface area (Å²) < 4.78 is 4.90. The van der Waals surface area contributed by atoms with E-state index >= 15 is 0 Å². The third-order valence-electron chi connectivity index (χ3n) is 4.00. The summed E-state index contributed by atoms with van der Waals surface area (Å²) in [6.07, 6.45) is 2.73. The number of carbonyl (C=O) groups excluding carboxylic acids is 1. The summed E-state index contributed by atoms with van der Waals surface area (Å²) in [5, 5.41) is 5.56. The molecular formula is C17H19NO2S. The van der Waals surface area contributed by atoms with Gasteiger partial charge in [0.05, 0.1) is 7.11 Å². The second-order valence-corrected chi connectivity index (χ2v) is 6.32. The summed E-state index contributed by atoms with van der Waals surface area (Å²) in [5.41, 5.74) is 2.67. The van der Waals surface area contributed by atoms with Gasteiger partial charge in [-0.05, 0) is 35.4 Å². The van der Waals surface area contributed by atoms with Gasteiger partial charge in [0.15, 0.2) is 0 Å². The fraction of sp³-hybridized carbons (Fsp3) is 0.353. The van der Waals surface area contributed by atoms with Crippen molar-refractivity contribution in [1.29, 1.82) is 0 Å². The molecule has 2 aromatic rings. The first-order valence-electron chi connectivity index (χ1n) is 7.22. The number of hydrogen-bond acceptors (Lipinski definition) is 4. The first-order chi connectivity index (χ1) is 10.3. The number of ether oxygens (including phenoxy) is 1. The first-order valence-corrected chi connectivity index (χ1v) is 8.10. The van der Waals surface area contributed by atoms with Gasteiger partial charge in [0.1, 0.15) is 6.04 Å². The van der Waals surface area contributed by atoms with Gasteiger partial charge in [-0.1, -0.05) is 30.3 Å². The normalized spacial score (nSPS) is 20.8. The van der Waals surface area contributed by atoms with Crippen molar-refractivity contribution in [3.63, 3.8) is 0 Å². The van der Waals surface area contributed by atoms with Gasteiger partial charge in [0, 0.05) is 17.3 Å². The minimum Gasteiger partial charge on any atom is -0.468 e. The lowest BCUT2D eigenvalue weighted by Gasteiger charge is -2.29. The minimum absolute atomic E-state index is 0.168. The monoisotopic (exact) mass is 301 g/mol. The van der Waals surface area contributed by atoms with Gasteiger partial charge in [0.2, 0.25) is 0 Å². The zero-order valence-electron chi connectivity index (χ0n) is 12.0. The van der Waals surface area contributed by atoms with E-state index in [1.54, 1.807) is 11.3 Å². The Morgan fingerprint density at radius 1 is 1.33 bits per heavy atom. The van der Waals surface area contributed by atoms with Gasteiger partial charge in [-0.25, -0.2) is 0 Å². The highest BCUT2D eigenvalue weighted by Crippen LogP contribution is 2.32. The summed E-state index contributed by atoms with van der Waals surface area (Å²) in [6.45, 7) is 0. The van der Waals surface area contributed by atoms with Gasteiger partial charge in [-0.15, -0.1) is 11.3 Å². The summed E-state index contributed by atoms with van der Waals surface area (Å²) in [6, 6.07) is 12.6. The van der Waals surface area contributed by atoms with Crippen molar-refractivity contribution in [2.45, 2.75) is 31.3 Å². The van der Waals surface area contributed by atoms with E-state index in [1.165, 1.54) is 23.1 Å². The topological polar surface area (TPSA) is 38.3 Å². The summed E-state index contributed by atoms with van der Waals surface area (Å²) in [5.74, 6) is -0.168. The second-order valence-electron chi connectivity index (χ2n) is 5.32. The molecule has 21 heavy (non-hydrogen) atoms. The van der Waals surface area contributed by atoms with Crippen molar-refractivity contribution in [2.24, 2.45) is 0 Å². The number of benzene rings is 1. The predicted octanol–water partition coefficient (Wildman–Crippen LogP) is 3.11. The van der Waals surface area contributed by atoms with Crippen LogP contribution in [-0.2, 0) is 22.4 Å². The summed E-state index contributed by atoms with van der Waals surface area (Å²) in [7, 11) is 1.45. The van der Waals surface area contributed by atoms with Crippen LogP contribution in [0, 0.1) is 0 Å².